The predicted octanol–water partition coefficient (Wildman–Crippen LogP) is 1.22. The van der Waals surface area contributed by atoms with Crippen LogP contribution in [0, 0.1) is 5.92 Å². The number of hydrogen-bond donors (Lipinski definition) is 2. The van der Waals surface area contributed by atoms with Crippen LogP contribution in [0.4, 0.5) is 0 Å². The fraction of sp³-hybridized carbons (Fsp3) is 1.00. The predicted molar refractivity (Wildman–Crippen MR) is 74.5 cm³/mol. The highest BCUT2D eigenvalue weighted by Gasteiger charge is 2.41. The molecule has 1 rings (SSSR count). The summed E-state index contributed by atoms with van der Waals surface area (Å²) in [6, 6.07) is -0.00727. The van der Waals surface area contributed by atoms with E-state index >= 15 is 0 Å². The Hall–Kier alpha value is -0.160. The Morgan fingerprint density at radius 2 is 1.61 bits per heavy atom. The summed E-state index contributed by atoms with van der Waals surface area (Å²) >= 11 is 0. The van der Waals surface area contributed by atoms with Crippen molar-refractivity contribution >= 4 is 0 Å². The molecule has 0 radical (unpaired) electrons. The number of morpholine rings is 1. The van der Waals surface area contributed by atoms with Gasteiger partial charge in [0.25, 0.3) is 0 Å². The van der Waals surface area contributed by atoms with Gasteiger partial charge in [0.15, 0.2) is 0 Å². The van der Waals surface area contributed by atoms with Gasteiger partial charge in [0.2, 0.25) is 0 Å². The largest absolute Gasteiger partial charge is 0.395 e. The molecule has 108 valence electrons. The van der Waals surface area contributed by atoms with Crippen molar-refractivity contribution in [1.29, 1.82) is 0 Å². The van der Waals surface area contributed by atoms with Gasteiger partial charge < -0.3 is 15.6 Å². The molecule has 2 unspecified atom stereocenters. The van der Waals surface area contributed by atoms with E-state index in [1.807, 2.05) is 0 Å². The lowest BCUT2D eigenvalue weighted by atomic mass is 9.92. The van der Waals surface area contributed by atoms with Crippen molar-refractivity contribution in [2.45, 2.75) is 64.8 Å². The average Bonchev–Trinajstić information content (AvgIpc) is 2.13. The summed E-state index contributed by atoms with van der Waals surface area (Å²) in [5, 5.41) is 9.68. The van der Waals surface area contributed by atoms with Gasteiger partial charge in [0.05, 0.1) is 17.8 Å². The molecule has 4 heteroatoms. The Balaban J connectivity index is 2.86. The number of rotatable bonds is 4. The van der Waals surface area contributed by atoms with Crippen molar-refractivity contribution < 1.29 is 9.84 Å². The maximum atomic E-state index is 9.68. The summed E-state index contributed by atoms with van der Waals surface area (Å²) in [6.07, 6.45) is 0. The van der Waals surface area contributed by atoms with Crippen molar-refractivity contribution in [1.82, 2.24) is 4.90 Å². The second-order valence-electron chi connectivity index (χ2n) is 7.10. The first-order chi connectivity index (χ1) is 8.08. The van der Waals surface area contributed by atoms with Crippen molar-refractivity contribution in [2.75, 3.05) is 19.7 Å². The minimum Gasteiger partial charge on any atom is -0.395 e. The van der Waals surface area contributed by atoms with E-state index in [0.29, 0.717) is 5.92 Å². The number of aliphatic hydroxyl groups is 1. The lowest BCUT2D eigenvalue weighted by Gasteiger charge is -2.50. The monoisotopic (exact) mass is 258 g/mol. The highest BCUT2D eigenvalue weighted by atomic mass is 16.5. The fourth-order valence-electron chi connectivity index (χ4n) is 3.01. The molecule has 0 amide bonds. The quantitative estimate of drug-likeness (QED) is 0.796. The molecule has 1 aliphatic heterocycles. The molecule has 1 heterocycles. The highest BCUT2D eigenvalue weighted by Crippen LogP contribution is 2.30. The number of hydrogen-bond acceptors (Lipinski definition) is 4. The molecule has 1 fully saturated rings. The van der Waals surface area contributed by atoms with Crippen LogP contribution in [-0.2, 0) is 4.74 Å². The third-order valence-electron chi connectivity index (χ3n) is 3.59. The number of aliphatic hydroxyl groups excluding tert-OH is 1. The van der Waals surface area contributed by atoms with Gasteiger partial charge >= 0.3 is 0 Å². The number of nitrogens with two attached hydrogens (primary N) is 1. The van der Waals surface area contributed by atoms with Gasteiger partial charge in [0, 0.05) is 25.2 Å². The summed E-state index contributed by atoms with van der Waals surface area (Å²) in [5.41, 5.74) is 5.83. The van der Waals surface area contributed by atoms with E-state index in [1.165, 1.54) is 0 Å². The van der Waals surface area contributed by atoms with Gasteiger partial charge in [0.1, 0.15) is 0 Å². The van der Waals surface area contributed by atoms with E-state index in [-0.39, 0.29) is 29.9 Å². The summed E-state index contributed by atoms with van der Waals surface area (Å²) in [4.78, 5) is 2.29. The van der Waals surface area contributed by atoms with Crippen LogP contribution >= 0.6 is 0 Å². The standard InChI is InChI=1S/C14H30N2O2/c1-10(2)12(15)11(7-17)16-8-13(3,4)18-14(5,6)9-16/h10-12,17H,7-9,15H2,1-6H3. The van der Waals surface area contributed by atoms with Crippen molar-refractivity contribution in [3.63, 3.8) is 0 Å². The minimum absolute atomic E-state index is 0.00690. The van der Waals surface area contributed by atoms with Gasteiger partial charge in [-0.05, 0) is 33.6 Å². The Morgan fingerprint density at radius 1 is 1.17 bits per heavy atom. The van der Waals surface area contributed by atoms with E-state index in [9.17, 15) is 5.11 Å². The molecule has 0 bridgehead atoms. The zero-order valence-electron chi connectivity index (χ0n) is 12.7. The van der Waals surface area contributed by atoms with E-state index in [1.54, 1.807) is 0 Å². The molecule has 3 N–H and O–H groups in total. The molecule has 18 heavy (non-hydrogen) atoms. The van der Waals surface area contributed by atoms with E-state index in [2.05, 4.69) is 46.4 Å². The van der Waals surface area contributed by atoms with E-state index < -0.39 is 0 Å². The molecule has 0 aromatic carbocycles. The zero-order chi connectivity index (χ0) is 14.1. The second kappa shape index (κ2) is 5.45. The Bertz CT molecular complexity index is 261. The first-order valence-corrected chi connectivity index (χ1v) is 6.89. The Kier molecular flexibility index (Phi) is 4.81. The molecule has 0 aromatic rings. The SMILES string of the molecule is CC(C)C(N)C(CO)N1CC(C)(C)OC(C)(C)C1. The molecule has 0 aromatic heterocycles. The van der Waals surface area contributed by atoms with E-state index in [4.69, 9.17) is 10.5 Å². The lowest BCUT2D eigenvalue weighted by molar-refractivity contribution is -0.191. The zero-order valence-corrected chi connectivity index (χ0v) is 12.7. The van der Waals surface area contributed by atoms with Crippen LogP contribution in [0.2, 0.25) is 0 Å². The van der Waals surface area contributed by atoms with Gasteiger partial charge in [-0.2, -0.15) is 0 Å². The summed E-state index contributed by atoms with van der Waals surface area (Å²) in [5.74, 6) is 0.358. The molecule has 1 aliphatic rings. The summed E-state index contributed by atoms with van der Waals surface area (Å²) < 4.78 is 6.06. The highest BCUT2D eigenvalue weighted by molar-refractivity contribution is 4.95. The maximum absolute atomic E-state index is 9.68. The van der Waals surface area contributed by atoms with Crippen LogP contribution in [0.3, 0.4) is 0 Å². The average molecular weight is 258 g/mol. The molecular weight excluding hydrogens is 228 g/mol. The minimum atomic E-state index is -0.203. The fourth-order valence-corrected chi connectivity index (χ4v) is 3.01. The Morgan fingerprint density at radius 3 is 1.94 bits per heavy atom. The van der Waals surface area contributed by atoms with Crippen molar-refractivity contribution in [2.24, 2.45) is 11.7 Å². The van der Waals surface area contributed by atoms with Crippen molar-refractivity contribution in [3.8, 4) is 0 Å². The molecule has 0 spiro atoms. The van der Waals surface area contributed by atoms with Crippen LogP contribution < -0.4 is 5.73 Å². The van der Waals surface area contributed by atoms with Crippen LogP contribution in [-0.4, -0.2) is 53.0 Å². The third kappa shape index (κ3) is 3.92. The first-order valence-electron chi connectivity index (χ1n) is 6.89. The molecule has 0 aliphatic carbocycles. The Labute approximate surface area is 111 Å². The van der Waals surface area contributed by atoms with Crippen LogP contribution in [0.1, 0.15) is 41.5 Å². The first kappa shape index (κ1) is 15.9. The molecule has 2 atom stereocenters. The van der Waals surface area contributed by atoms with Gasteiger partial charge in [-0.15, -0.1) is 0 Å². The van der Waals surface area contributed by atoms with Gasteiger partial charge in [-0.3, -0.25) is 4.90 Å². The van der Waals surface area contributed by atoms with Crippen LogP contribution in [0.25, 0.3) is 0 Å². The summed E-state index contributed by atoms with van der Waals surface area (Å²) in [7, 11) is 0. The van der Waals surface area contributed by atoms with Crippen molar-refractivity contribution in [3.05, 3.63) is 0 Å². The van der Waals surface area contributed by atoms with Crippen LogP contribution in [0.15, 0.2) is 0 Å². The molecule has 4 nitrogen and oxygen atoms in total. The lowest BCUT2D eigenvalue weighted by Crippen LogP contribution is -2.64. The van der Waals surface area contributed by atoms with Crippen LogP contribution in [0.5, 0.6) is 0 Å². The molecule has 0 saturated carbocycles. The maximum Gasteiger partial charge on any atom is 0.0760 e. The third-order valence-corrected chi connectivity index (χ3v) is 3.59. The number of nitrogens with zero attached hydrogens (tertiary/aromatic N) is 1. The van der Waals surface area contributed by atoms with E-state index in [0.717, 1.165) is 13.1 Å². The number of ether oxygens (including phenoxy) is 1. The second-order valence-corrected chi connectivity index (χ2v) is 7.10. The smallest absolute Gasteiger partial charge is 0.0760 e. The summed E-state index contributed by atoms with van der Waals surface area (Å²) in [6.45, 7) is 14.3. The topological polar surface area (TPSA) is 58.7 Å². The van der Waals surface area contributed by atoms with Gasteiger partial charge in [-0.25, -0.2) is 0 Å². The molecular formula is C14H30N2O2. The molecule has 1 saturated heterocycles. The normalized spacial score (nSPS) is 27.2. The van der Waals surface area contributed by atoms with Gasteiger partial charge in [-0.1, -0.05) is 13.8 Å².